The summed E-state index contributed by atoms with van der Waals surface area (Å²) in [7, 11) is 0. The number of benzene rings is 2. The van der Waals surface area contributed by atoms with Crippen LogP contribution in [0.1, 0.15) is 39.9 Å². The second kappa shape index (κ2) is 5.80. The van der Waals surface area contributed by atoms with Gasteiger partial charge < -0.3 is 4.74 Å². The SMILES string of the molecule is N#Cc1ccccc1COc1ccc2c(c1)C(=O)CCC2. The lowest BCUT2D eigenvalue weighted by Crippen LogP contribution is -2.10. The smallest absolute Gasteiger partial charge is 0.163 e. The monoisotopic (exact) mass is 277 g/mol. The summed E-state index contributed by atoms with van der Waals surface area (Å²) in [6.07, 6.45) is 2.51. The molecule has 0 radical (unpaired) electrons. The summed E-state index contributed by atoms with van der Waals surface area (Å²) in [5.74, 6) is 0.871. The van der Waals surface area contributed by atoms with E-state index in [1.54, 1.807) is 6.07 Å². The lowest BCUT2D eigenvalue weighted by Gasteiger charge is -2.16. The predicted octanol–water partition coefficient (Wildman–Crippen LogP) is 3.66. The van der Waals surface area contributed by atoms with Gasteiger partial charge >= 0.3 is 0 Å². The minimum Gasteiger partial charge on any atom is -0.489 e. The number of nitriles is 1. The van der Waals surface area contributed by atoms with Crippen LogP contribution in [0, 0.1) is 11.3 Å². The first-order chi connectivity index (χ1) is 10.3. The van der Waals surface area contributed by atoms with Gasteiger partial charge in [0.1, 0.15) is 12.4 Å². The van der Waals surface area contributed by atoms with Crippen LogP contribution in [0.25, 0.3) is 0 Å². The Bertz CT molecular complexity index is 728. The van der Waals surface area contributed by atoms with Gasteiger partial charge in [-0.1, -0.05) is 24.3 Å². The summed E-state index contributed by atoms with van der Waals surface area (Å²) >= 11 is 0. The number of hydrogen-bond acceptors (Lipinski definition) is 3. The Balaban J connectivity index is 1.79. The minimum absolute atomic E-state index is 0.194. The van der Waals surface area contributed by atoms with Gasteiger partial charge in [-0.3, -0.25) is 4.79 Å². The number of ketones is 1. The molecule has 104 valence electrons. The second-order valence-corrected chi connectivity index (χ2v) is 5.15. The van der Waals surface area contributed by atoms with Crippen molar-refractivity contribution in [1.82, 2.24) is 0 Å². The van der Waals surface area contributed by atoms with Gasteiger partial charge in [0.05, 0.1) is 11.6 Å². The van der Waals surface area contributed by atoms with Gasteiger partial charge in [0.2, 0.25) is 0 Å². The molecule has 0 spiro atoms. The van der Waals surface area contributed by atoms with Gasteiger partial charge in [0.15, 0.2) is 5.78 Å². The molecule has 0 saturated carbocycles. The molecule has 3 rings (SSSR count). The number of Topliss-reactive ketones (excluding diaryl/α,β-unsaturated/α-hetero) is 1. The molecule has 1 aliphatic carbocycles. The highest BCUT2D eigenvalue weighted by atomic mass is 16.5. The molecule has 0 atom stereocenters. The molecule has 2 aromatic rings. The molecule has 0 bridgehead atoms. The van der Waals surface area contributed by atoms with Gasteiger partial charge in [-0.05, 0) is 36.6 Å². The number of ether oxygens (including phenoxy) is 1. The molecule has 3 nitrogen and oxygen atoms in total. The van der Waals surface area contributed by atoms with Gasteiger partial charge in [-0.15, -0.1) is 0 Å². The Morgan fingerprint density at radius 3 is 2.86 bits per heavy atom. The van der Waals surface area contributed by atoms with Crippen LogP contribution in [-0.2, 0) is 13.0 Å². The highest BCUT2D eigenvalue weighted by molar-refractivity contribution is 5.98. The van der Waals surface area contributed by atoms with Gasteiger partial charge in [0.25, 0.3) is 0 Å². The molecule has 0 N–H and O–H groups in total. The van der Waals surface area contributed by atoms with Crippen LogP contribution in [0.5, 0.6) is 5.75 Å². The van der Waals surface area contributed by atoms with Crippen LogP contribution >= 0.6 is 0 Å². The normalized spacial score (nSPS) is 13.4. The average Bonchev–Trinajstić information content (AvgIpc) is 2.54. The van der Waals surface area contributed by atoms with E-state index in [1.165, 1.54) is 0 Å². The lowest BCUT2D eigenvalue weighted by molar-refractivity contribution is 0.0972. The van der Waals surface area contributed by atoms with E-state index < -0.39 is 0 Å². The Morgan fingerprint density at radius 1 is 1.14 bits per heavy atom. The third-order valence-corrected chi connectivity index (χ3v) is 3.76. The molecule has 0 amide bonds. The molecule has 21 heavy (non-hydrogen) atoms. The Morgan fingerprint density at radius 2 is 2.00 bits per heavy atom. The van der Waals surface area contributed by atoms with Crippen LogP contribution in [0.2, 0.25) is 0 Å². The zero-order valence-corrected chi connectivity index (χ0v) is 11.6. The third-order valence-electron chi connectivity index (χ3n) is 3.76. The molecular formula is C18H15NO2. The van der Waals surface area contributed by atoms with Crippen molar-refractivity contribution in [2.45, 2.75) is 25.9 Å². The first kappa shape index (κ1) is 13.4. The number of rotatable bonds is 3. The number of carbonyl (C=O) groups excluding carboxylic acids is 1. The fraction of sp³-hybridized carbons (Fsp3) is 0.222. The van der Waals surface area contributed by atoms with E-state index in [-0.39, 0.29) is 5.78 Å². The molecule has 0 fully saturated rings. The summed E-state index contributed by atoms with van der Waals surface area (Å²) < 4.78 is 5.75. The molecular weight excluding hydrogens is 262 g/mol. The van der Waals surface area contributed by atoms with E-state index >= 15 is 0 Å². The van der Waals surface area contributed by atoms with E-state index in [0.29, 0.717) is 24.3 Å². The maximum Gasteiger partial charge on any atom is 0.163 e. The highest BCUT2D eigenvalue weighted by Gasteiger charge is 2.17. The fourth-order valence-electron chi connectivity index (χ4n) is 2.61. The molecule has 0 aliphatic heterocycles. The van der Waals surface area contributed by atoms with Crippen molar-refractivity contribution in [2.24, 2.45) is 0 Å². The Kier molecular flexibility index (Phi) is 3.70. The minimum atomic E-state index is 0.194. The quantitative estimate of drug-likeness (QED) is 0.860. The van der Waals surface area contributed by atoms with Crippen molar-refractivity contribution in [3.63, 3.8) is 0 Å². The van der Waals surface area contributed by atoms with E-state index in [2.05, 4.69) is 6.07 Å². The summed E-state index contributed by atoms with van der Waals surface area (Å²) in [4.78, 5) is 11.9. The topological polar surface area (TPSA) is 50.1 Å². The first-order valence-electron chi connectivity index (χ1n) is 7.05. The van der Waals surface area contributed by atoms with Crippen molar-refractivity contribution >= 4 is 5.78 Å². The molecule has 1 aliphatic rings. The summed E-state index contributed by atoms with van der Waals surface area (Å²) in [5.41, 5.74) is 3.36. The second-order valence-electron chi connectivity index (χ2n) is 5.15. The zero-order chi connectivity index (χ0) is 14.7. The standard InChI is InChI=1S/C18H15NO2/c19-11-14-4-1-2-5-15(14)12-21-16-9-8-13-6-3-7-18(20)17(13)10-16/h1-2,4-5,8-10H,3,6-7,12H2. The van der Waals surface area contributed by atoms with Crippen LogP contribution in [0.4, 0.5) is 0 Å². The number of nitrogens with zero attached hydrogens (tertiary/aromatic N) is 1. The van der Waals surface area contributed by atoms with Gasteiger partial charge in [-0.25, -0.2) is 0 Å². The van der Waals surface area contributed by atoms with Crippen molar-refractivity contribution in [3.05, 3.63) is 64.7 Å². The van der Waals surface area contributed by atoms with Gasteiger partial charge in [-0.2, -0.15) is 5.26 Å². The van der Waals surface area contributed by atoms with Crippen LogP contribution in [-0.4, -0.2) is 5.78 Å². The molecule has 2 aromatic carbocycles. The summed E-state index contributed by atoms with van der Waals surface area (Å²) in [6.45, 7) is 0.330. The predicted molar refractivity (Wildman–Crippen MR) is 79.2 cm³/mol. The largest absolute Gasteiger partial charge is 0.489 e. The van der Waals surface area contributed by atoms with Crippen molar-refractivity contribution in [2.75, 3.05) is 0 Å². The van der Waals surface area contributed by atoms with E-state index in [4.69, 9.17) is 10.00 Å². The number of hydrogen-bond donors (Lipinski definition) is 0. The Labute approximate surface area is 123 Å². The highest BCUT2D eigenvalue weighted by Crippen LogP contribution is 2.26. The molecule has 0 aromatic heterocycles. The van der Waals surface area contributed by atoms with E-state index in [1.807, 2.05) is 36.4 Å². The average molecular weight is 277 g/mol. The van der Waals surface area contributed by atoms with Crippen LogP contribution < -0.4 is 4.74 Å². The van der Waals surface area contributed by atoms with E-state index in [9.17, 15) is 4.79 Å². The number of carbonyl (C=O) groups is 1. The fourth-order valence-corrected chi connectivity index (χ4v) is 2.61. The van der Waals surface area contributed by atoms with Crippen molar-refractivity contribution in [3.8, 4) is 11.8 Å². The lowest BCUT2D eigenvalue weighted by atomic mass is 9.90. The van der Waals surface area contributed by atoms with Crippen molar-refractivity contribution in [1.29, 1.82) is 5.26 Å². The molecule has 0 unspecified atom stereocenters. The van der Waals surface area contributed by atoms with Crippen LogP contribution in [0.3, 0.4) is 0 Å². The van der Waals surface area contributed by atoms with Gasteiger partial charge in [0, 0.05) is 17.5 Å². The van der Waals surface area contributed by atoms with Crippen LogP contribution in [0.15, 0.2) is 42.5 Å². The Hall–Kier alpha value is -2.60. The maximum atomic E-state index is 11.9. The number of aryl methyl sites for hydroxylation is 1. The summed E-state index contributed by atoms with van der Waals surface area (Å²) in [5, 5.41) is 9.06. The maximum absolute atomic E-state index is 11.9. The van der Waals surface area contributed by atoms with E-state index in [0.717, 1.165) is 29.5 Å². The molecule has 0 saturated heterocycles. The third kappa shape index (κ3) is 2.80. The summed E-state index contributed by atoms with van der Waals surface area (Å²) in [6, 6.07) is 15.2. The first-order valence-corrected chi connectivity index (χ1v) is 7.05. The van der Waals surface area contributed by atoms with Crippen molar-refractivity contribution < 1.29 is 9.53 Å². The zero-order valence-electron chi connectivity index (χ0n) is 11.6. The molecule has 0 heterocycles. The molecule has 3 heteroatoms. The number of fused-ring (bicyclic) bond motifs is 1.